The van der Waals surface area contributed by atoms with Crippen molar-refractivity contribution in [3.8, 4) is 0 Å². The van der Waals surface area contributed by atoms with Gasteiger partial charge in [-0.3, -0.25) is 4.90 Å². The Morgan fingerprint density at radius 2 is 1.90 bits per heavy atom. The van der Waals surface area contributed by atoms with Crippen molar-refractivity contribution in [3.63, 3.8) is 0 Å². The lowest BCUT2D eigenvalue weighted by atomic mass is 10.00. The number of aromatic carboxylic acids is 1. The number of piperidine rings is 2. The monoisotopic (exact) mass is 292 g/mol. The van der Waals surface area contributed by atoms with Crippen LogP contribution in [0.15, 0.2) is 16.7 Å². The molecule has 0 aliphatic carbocycles. The molecule has 116 valence electrons. The normalized spacial score (nSPS) is 22.5. The summed E-state index contributed by atoms with van der Waals surface area (Å²) >= 11 is 0. The van der Waals surface area contributed by atoms with E-state index < -0.39 is 5.97 Å². The summed E-state index contributed by atoms with van der Waals surface area (Å²) in [5, 5.41) is 8.90. The third-order valence-corrected chi connectivity index (χ3v) is 4.74. The van der Waals surface area contributed by atoms with E-state index in [1.54, 1.807) is 6.07 Å². The lowest BCUT2D eigenvalue weighted by Gasteiger charge is -2.40. The number of rotatable bonds is 4. The van der Waals surface area contributed by atoms with Crippen molar-refractivity contribution in [1.29, 1.82) is 0 Å². The highest BCUT2D eigenvalue weighted by Crippen LogP contribution is 2.22. The van der Waals surface area contributed by atoms with Crippen LogP contribution in [0.25, 0.3) is 0 Å². The van der Waals surface area contributed by atoms with Crippen molar-refractivity contribution in [2.45, 2.75) is 44.7 Å². The van der Waals surface area contributed by atoms with E-state index in [-0.39, 0.29) is 5.56 Å². The summed E-state index contributed by atoms with van der Waals surface area (Å²) in [6, 6.07) is 2.38. The molecule has 5 heteroatoms. The molecule has 0 saturated carbocycles. The second-order valence-corrected chi connectivity index (χ2v) is 6.21. The molecular formula is C16H24N2O3. The van der Waals surface area contributed by atoms with E-state index >= 15 is 0 Å². The molecule has 3 rings (SSSR count). The summed E-state index contributed by atoms with van der Waals surface area (Å²) in [5.74, 6) is -0.169. The molecule has 0 amide bonds. The first kappa shape index (κ1) is 14.6. The maximum absolute atomic E-state index is 10.8. The minimum atomic E-state index is -0.922. The molecule has 0 spiro atoms. The van der Waals surface area contributed by atoms with Crippen LogP contribution in [0.4, 0.5) is 0 Å². The van der Waals surface area contributed by atoms with Crippen LogP contribution in [0.5, 0.6) is 0 Å². The van der Waals surface area contributed by atoms with Crippen LogP contribution in [-0.4, -0.2) is 53.1 Å². The van der Waals surface area contributed by atoms with Crippen molar-refractivity contribution in [2.24, 2.45) is 0 Å². The fourth-order valence-corrected chi connectivity index (χ4v) is 3.52. The van der Waals surface area contributed by atoms with Gasteiger partial charge in [0.25, 0.3) is 0 Å². The molecule has 2 saturated heterocycles. The number of carboxylic acid groups (broad SMARTS) is 1. The largest absolute Gasteiger partial charge is 0.478 e. The first-order valence-corrected chi connectivity index (χ1v) is 7.99. The minimum absolute atomic E-state index is 0.244. The van der Waals surface area contributed by atoms with Gasteiger partial charge < -0.3 is 14.4 Å². The summed E-state index contributed by atoms with van der Waals surface area (Å²) in [4.78, 5) is 15.9. The number of furan rings is 1. The Hall–Kier alpha value is -1.33. The summed E-state index contributed by atoms with van der Waals surface area (Å²) in [7, 11) is 0. The van der Waals surface area contributed by atoms with Crippen molar-refractivity contribution >= 4 is 5.97 Å². The average molecular weight is 292 g/mol. The Morgan fingerprint density at radius 3 is 2.52 bits per heavy atom. The van der Waals surface area contributed by atoms with E-state index in [0.29, 0.717) is 0 Å². The number of carboxylic acids is 1. The molecule has 2 aliphatic heterocycles. The smallest absolute Gasteiger partial charge is 0.338 e. The molecular weight excluding hydrogens is 268 g/mol. The SMILES string of the molecule is O=C(O)c1coc(CN2CCC(N3CCCCC3)CC2)c1. The zero-order valence-electron chi connectivity index (χ0n) is 12.5. The number of hydrogen-bond acceptors (Lipinski definition) is 4. The van der Waals surface area contributed by atoms with Gasteiger partial charge in [-0.2, -0.15) is 0 Å². The standard InChI is InChI=1S/C16H24N2O3/c19-16(20)13-10-15(21-12-13)11-17-8-4-14(5-9-17)18-6-2-1-3-7-18/h10,12,14H,1-9,11H2,(H,19,20). The Bertz CT molecular complexity index is 472. The van der Waals surface area contributed by atoms with E-state index in [1.165, 1.54) is 51.5 Å². The lowest BCUT2D eigenvalue weighted by molar-refractivity contribution is 0.0696. The molecule has 5 nitrogen and oxygen atoms in total. The van der Waals surface area contributed by atoms with E-state index in [9.17, 15) is 4.79 Å². The predicted octanol–water partition coefficient (Wildman–Crippen LogP) is 2.43. The first-order valence-electron chi connectivity index (χ1n) is 7.99. The second kappa shape index (κ2) is 6.62. The number of carbonyl (C=O) groups is 1. The molecule has 0 atom stereocenters. The number of likely N-dealkylation sites (tertiary alicyclic amines) is 2. The molecule has 0 unspecified atom stereocenters. The highest BCUT2D eigenvalue weighted by Gasteiger charge is 2.26. The van der Waals surface area contributed by atoms with Gasteiger partial charge >= 0.3 is 5.97 Å². The van der Waals surface area contributed by atoms with Crippen LogP contribution in [0.2, 0.25) is 0 Å². The fourth-order valence-electron chi connectivity index (χ4n) is 3.52. The maximum Gasteiger partial charge on any atom is 0.338 e. The van der Waals surface area contributed by atoms with Crippen LogP contribution < -0.4 is 0 Å². The van der Waals surface area contributed by atoms with Crippen LogP contribution in [0.1, 0.15) is 48.2 Å². The number of hydrogen-bond donors (Lipinski definition) is 1. The molecule has 21 heavy (non-hydrogen) atoms. The number of nitrogens with zero attached hydrogens (tertiary/aromatic N) is 2. The van der Waals surface area contributed by atoms with Gasteiger partial charge in [-0.15, -0.1) is 0 Å². The third kappa shape index (κ3) is 3.66. The zero-order valence-corrected chi connectivity index (χ0v) is 12.5. The van der Waals surface area contributed by atoms with Crippen molar-refractivity contribution in [1.82, 2.24) is 9.80 Å². The van der Waals surface area contributed by atoms with E-state index in [1.807, 2.05) is 0 Å². The van der Waals surface area contributed by atoms with Gasteiger partial charge in [0.2, 0.25) is 0 Å². The van der Waals surface area contributed by atoms with E-state index in [2.05, 4.69) is 9.80 Å². The van der Waals surface area contributed by atoms with E-state index in [0.717, 1.165) is 31.4 Å². The van der Waals surface area contributed by atoms with Gasteiger partial charge in [0.15, 0.2) is 0 Å². The second-order valence-electron chi connectivity index (χ2n) is 6.21. The lowest BCUT2D eigenvalue weighted by Crippen LogP contribution is -2.46. The van der Waals surface area contributed by atoms with Crippen LogP contribution in [0, 0.1) is 0 Å². The molecule has 0 aromatic carbocycles. The molecule has 1 aromatic rings. The molecule has 0 radical (unpaired) electrons. The van der Waals surface area contributed by atoms with E-state index in [4.69, 9.17) is 9.52 Å². The van der Waals surface area contributed by atoms with Crippen molar-refractivity contribution < 1.29 is 14.3 Å². The topological polar surface area (TPSA) is 56.9 Å². The Kier molecular flexibility index (Phi) is 4.60. The van der Waals surface area contributed by atoms with Gasteiger partial charge in [-0.25, -0.2) is 4.79 Å². The molecule has 2 aliphatic rings. The average Bonchev–Trinajstić information content (AvgIpc) is 2.98. The third-order valence-electron chi connectivity index (χ3n) is 4.74. The summed E-state index contributed by atoms with van der Waals surface area (Å²) < 4.78 is 5.34. The summed E-state index contributed by atoms with van der Waals surface area (Å²) in [6.07, 6.45) is 7.85. The van der Waals surface area contributed by atoms with Crippen LogP contribution >= 0.6 is 0 Å². The molecule has 3 heterocycles. The molecule has 1 N–H and O–H groups in total. The zero-order chi connectivity index (χ0) is 14.7. The van der Waals surface area contributed by atoms with Gasteiger partial charge in [0, 0.05) is 19.1 Å². The molecule has 1 aromatic heterocycles. The Labute approximate surface area is 125 Å². The van der Waals surface area contributed by atoms with Gasteiger partial charge in [0.05, 0.1) is 12.1 Å². The minimum Gasteiger partial charge on any atom is -0.478 e. The Balaban J connectivity index is 1.47. The van der Waals surface area contributed by atoms with Gasteiger partial charge in [-0.05, 0) is 44.8 Å². The highest BCUT2D eigenvalue weighted by atomic mass is 16.4. The summed E-state index contributed by atoms with van der Waals surface area (Å²) in [5.41, 5.74) is 0.244. The molecule has 2 fully saturated rings. The first-order chi connectivity index (χ1) is 10.2. The van der Waals surface area contributed by atoms with Crippen LogP contribution in [-0.2, 0) is 6.54 Å². The molecule has 0 bridgehead atoms. The summed E-state index contributed by atoms with van der Waals surface area (Å²) in [6.45, 7) is 5.41. The van der Waals surface area contributed by atoms with Gasteiger partial charge in [-0.1, -0.05) is 6.42 Å². The Morgan fingerprint density at radius 1 is 1.19 bits per heavy atom. The fraction of sp³-hybridized carbons (Fsp3) is 0.688. The van der Waals surface area contributed by atoms with Gasteiger partial charge in [0.1, 0.15) is 12.0 Å². The maximum atomic E-state index is 10.8. The quantitative estimate of drug-likeness (QED) is 0.923. The highest BCUT2D eigenvalue weighted by molar-refractivity contribution is 5.87. The predicted molar refractivity (Wildman–Crippen MR) is 79.4 cm³/mol. The van der Waals surface area contributed by atoms with Crippen molar-refractivity contribution in [3.05, 3.63) is 23.7 Å². The van der Waals surface area contributed by atoms with Crippen molar-refractivity contribution in [2.75, 3.05) is 26.2 Å². The van der Waals surface area contributed by atoms with Crippen LogP contribution in [0.3, 0.4) is 0 Å².